The van der Waals surface area contributed by atoms with Gasteiger partial charge in [-0.15, -0.1) is 0 Å². The summed E-state index contributed by atoms with van der Waals surface area (Å²) in [6, 6.07) is 0. The third kappa shape index (κ3) is 1.48. The number of hydrogen-bond acceptors (Lipinski definition) is 2. The topological polar surface area (TPSA) is 39.1 Å². The number of hydrogen-bond donors (Lipinski definition) is 0. The number of fused-ring (bicyclic) bond motifs is 1. The van der Waals surface area contributed by atoms with Gasteiger partial charge in [-0.25, -0.2) is 0 Å². The van der Waals surface area contributed by atoms with Crippen LogP contribution in [-0.4, -0.2) is 10.4 Å². The Morgan fingerprint density at radius 1 is 1.50 bits per heavy atom. The molecule has 2 rings (SSSR count). The highest BCUT2D eigenvalue weighted by Crippen LogP contribution is 2.35. The lowest BCUT2D eigenvalue weighted by atomic mass is 10.0. The number of ketones is 1. The number of halogens is 1. The van der Waals surface area contributed by atoms with Crippen molar-refractivity contribution in [2.45, 2.75) is 20.3 Å². The molecule has 84 valence electrons. The molecule has 0 saturated heterocycles. The molecule has 0 aromatic carbocycles. The molecule has 1 aliphatic rings. The molecule has 0 unspecified atom stereocenters. The monoisotopic (exact) mass is 281 g/mol. The highest BCUT2D eigenvalue weighted by molar-refractivity contribution is 9.10. The van der Waals surface area contributed by atoms with Crippen LogP contribution in [0.4, 0.5) is 0 Å². The number of rotatable bonds is 1. The second kappa shape index (κ2) is 3.70. The van der Waals surface area contributed by atoms with Crippen LogP contribution in [0.2, 0.25) is 0 Å². The zero-order valence-corrected chi connectivity index (χ0v) is 11.0. The first-order chi connectivity index (χ1) is 7.43. The smallest absolute Gasteiger partial charge is 0.254 e. The second-order valence-corrected chi connectivity index (χ2v) is 4.99. The Bertz CT molecular complexity index is 581. The normalized spacial score (nSPS) is 14.2. The molecular weight excluding hydrogens is 270 g/mol. The number of nitrogens with zero attached hydrogens (tertiary/aromatic N) is 1. The van der Waals surface area contributed by atoms with E-state index in [1.54, 1.807) is 17.8 Å². The summed E-state index contributed by atoms with van der Waals surface area (Å²) in [5, 5.41) is 0. The van der Waals surface area contributed by atoms with Gasteiger partial charge in [-0.1, -0.05) is 5.57 Å². The van der Waals surface area contributed by atoms with Crippen molar-refractivity contribution in [2.24, 2.45) is 7.05 Å². The van der Waals surface area contributed by atoms with Crippen LogP contribution < -0.4 is 5.56 Å². The van der Waals surface area contributed by atoms with Gasteiger partial charge in [0.05, 0.1) is 0 Å². The van der Waals surface area contributed by atoms with E-state index >= 15 is 0 Å². The lowest BCUT2D eigenvalue weighted by molar-refractivity contribution is -0.111. The van der Waals surface area contributed by atoms with Crippen molar-refractivity contribution in [3.63, 3.8) is 0 Å². The van der Waals surface area contributed by atoms with E-state index in [4.69, 9.17) is 0 Å². The van der Waals surface area contributed by atoms with Gasteiger partial charge in [0.25, 0.3) is 5.56 Å². The standard InChI is InChI=1S/C12H12BrNO2/c1-6-4-8-11(10(6)7(2)15)9(13)5-14(3)12(8)16/h5H,4H2,1-3H3. The molecule has 0 saturated carbocycles. The summed E-state index contributed by atoms with van der Waals surface area (Å²) >= 11 is 3.42. The first-order valence-electron chi connectivity index (χ1n) is 5.02. The van der Waals surface area contributed by atoms with E-state index in [0.717, 1.165) is 21.2 Å². The molecule has 16 heavy (non-hydrogen) atoms. The highest BCUT2D eigenvalue weighted by atomic mass is 79.9. The summed E-state index contributed by atoms with van der Waals surface area (Å²) in [4.78, 5) is 23.5. The van der Waals surface area contributed by atoms with Gasteiger partial charge in [-0.05, 0) is 29.8 Å². The Morgan fingerprint density at radius 2 is 2.12 bits per heavy atom. The van der Waals surface area contributed by atoms with E-state index in [9.17, 15) is 9.59 Å². The molecule has 4 heteroatoms. The maximum atomic E-state index is 11.9. The first-order valence-corrected chi connectivity index (χ1v) is 5.82. The summed E-state index contributed by atoms with van der Waals surface area (Å²) < 4.78 is 2.35. The minimum atomic E-state index is -0.0196. The van der Waals surface area contributed by atoms with Crippen LogP contribution in [-0.2, 0) is 18.3 Å². The van der Waals surface area contributed by atoms with Gasteiger partial charge in [0.2, 0.25) is 0 Å². The van der Waals surface area contributed by atoms with Crippen molar-refractivity contribution in [1.29, 1.82) is 0 Å². The third-order valence-corrected chi connectivity index (χ3v) is 3.50. The lowest BCUT2D eigenvalue weighted by Gasteiger charge is -2.07. The molecule has 0 atom stereocenters. The number of carbonyl (C=O) groups excluding carboxylic acids is 1. The van der Waals surface area contributed by atoms with E-state index < -0.39 is 0 Å². The fourth-order valence-electron chi connectivity index (χ4n) is 2.23. The van der Waals surface area contributed by atoms with Gasteiger partial charge < -0.3 is 4.57 Å². The van der Waals surface area contributed by atoms with Crippen LogP contribution in [0, 0.1) is 0 Å². The van der Waals surface area contributed by atoms with Crippen LogP contribution >= 0.6 is 15.9 Å². The Balaban J connectivity index is 2.81. The van der Waals surface area contributed by atoms with Crippen molar-refractivity contribution < 1.29 is 4.79 Å². The van der Waals surface area contributed by atoms with Crippen molar-refractivity contribution in [3.8, 4) is 0 Å². The molecule has 0 N–H and O–H groups in total. The van der Waals surface area contributed by atoms with Crippen LogP contribution in [0.15, 0.2) is 21.0 Å². The van der Waals surface area contributed by atoms with Crippen LogP contribution in [0.25, 0.3) is 5.57 Å². The Morgan fingerprint density at radius 3 is 2.69 bits per heavy atom. The van der Waals surface area contributed by atoms with Crippen LogP contribution in [0.5, 0.6) is 0 Å². The maximum Gasteiger partial charge on any atom is 0.254 e. The molecule has 1 aromatic heterocycles. The average molecular weight is 282 g/mol. The van der Waals surface area contributed by atoms with Gasteiger partial charge >= 0.3 is 0 Å². The number of aryl methyl sites for hydroxylation is 1. The molecule has 0 amide bonds. The van der Waals surface area contributed by atoms with Crippen LogP contribution in [0.1, 0.15) is 25.0 Å². The quantitative estimate of drug-likeness (QED) is 0.791. The predicted molar refractivity (Wildman–Crippen MR) is 66.4 cm³/mol. The molecule has 0 fully saturated rings. The third-order valence-electron chi connectivity index (χ3n) is 2.90. The van der Waals surface area contributed by atoms with Crippen molar-refractivity contribution in [2.75, 3.05) is 0 Å². The van der Waals surface area contributed by atoms with Crippen molar-refractivity contribution in [3.05, 3.63) is 37.7 Å². The highest BCUT2D eigenvalue weighted by Gasteiger charge is 2.27. The number of aromatic nitrogens is 1. The zero-order valence-electron chi connectivity index (χ0n) is 9.43. The maximum absolute atomic E-state index is 11.9. The second-order valence-electron chi connectivity index (χ2n) is 4.13. The Hall–Kier alpha value is -1.16. The minimum Gasteiger partial charge on any atom is -0.317 e. The predicted octanol–water partition coefficient (Wildman–Crippen LogP) is 2.07. The van der Waals surface area contributed by atoms with Crippen molar-refractivity contribution >= 4 is 27.3 Å². The molecule has 1 heterocycles. The summed E-state index contributed by atoms with van der Waals surface area (Å²) in [6.45, 7) is 3.44. The summed E-state index contributed by atoms with van der Waals surface area (Å²) in [6.07, 6.45) is 2.29. The van der Waals surface area contributed by atoms with Gasteiger partial charge in [0, 0.05) is 40.8 Å². The fourth-order valence-corrected chi connectivity index (χ4v) is 2.98. The molecule has 0 radical (unpaired) electrons. The largest absolute Gasteiger partial charge is 0.317 e. The number of carbonyl (C=O) groups is 1. The van der Waals surface area contributed by atoms with Crippen LogP contribution in [0.3, 0.4) is 0 Å². The fraction of sp³-hybridized carbons (Fsp3) is 0.333. The van der Waals surface area contributed by atoms with E-state index in [1.165, 1.54) is 6.92 Å². The molecule has 0 aliphatic heterocycles. The van der Waals surface area contributed by atoms with E-state index in [2.05, 4.69) is 15.9 Å². The number of pyridine rings is 1. The van der Waals surface area contributed by atoms with E-state index in [1.807, 2.05) is 6.92 Å². The van der Waals surface area contributed by atoms with Crippen molar-refractivity contribution in [1.82, 2.24) is 4.57 Å². The minimum absolute atomic E-state index is 0.0187. The van der Waals surface area contributed by atoms with E-state index in [-0.39, 0.29) is 11.3 Å². The average Bonchev–Trinajstić information content (AvgIpc) is 2.52. The Kier molecular flexibility index (Phi) is 2.62. The molecule has 1 aliphatic carbocycles. The van der Waals surface area contributed by atoms with Gasteiger partial charge in [0.15, 0.2) is 5.78 Å². The first kappa shape index (κ1) is 11.3. The van der Waals surface area contributed by atoms with Gasteiger partial charge in [-0.2, -0.15) is 0 Å². The summed E-state index contributed by atoms with van der Waals surface area (Å²) in [5.74, 6) is 0.0187. The SMILES string of the molecule is CC(=O)C1=C(C)Cc2c1c(Br)cn(C)c2=O. The Labute approximate surface area is 102 Å². The molecule has 0 bridgehead atoms. The molecule has 0 spiro atoms. The summed E-state index contributed by atoms with van der Waals surface area (Å²) in [7, 11) is 1.72. The zero-order chi connectivity index (χ0) is 12.0. The molecule has 1 aromatic rings. The van der Waals surface area contributed by atoms with E-state index in [0.29, 0.717) is 12.0 Å². The molecule has 3 nitrogen and oxygen atoms in total. The lowest BCUT2D eigenvalue weighted by Crippen LogP contribution is -2.21. The van der Waals surface area contributed by atoms with Gasteiger partial charge in [0.1, 0.15) is 0 Å². The number of allylic oxidation sites excluding steroid dienone is 2. The number of Topliss-reactive ketones (excluding diaryl/α,β-unsaturated/α-hetero) is 1. The van der Waals surface area contributed by atoms with Gasteiger partial charge in [-0.3, -0.25) is 9.59 Å². The summed E-state index contributed by atoms with van der Waals surface area (Å²) in [5.41, 5.74) is 3.16. The molecular formula is C12H12BrNO2.